The Hall–Kier alpha value is -0.830. The Bertz CT molecular complexity index is 267. The summed E-state index contributed by atoms with van der Waals surface area (Å²) in [6.45, 7) is 3.83. The van der Waals surface area contributed by atoms with E-state index in [4.69, 9.17) is 0 Å². The summed E-state index contributed by atoms with van der Waals surface area (Å²) in [6.07, 6.45) is 6.77. The van der Waals surface area contributed by atoms with Gasteiger partial charge in [0.1, 0.15) is 0 Å². The number of piperidine rings is 1. The lowest BCUT2D eigenvalue weighted by atomic mass is 10.1. The van der Waals surface area contributed by atoms with Crippen LogP contribution in [0.4, 0.5) is 0 Å². The zero-order valence-electron chi connectivity index (χ0n) is 9.54. The highest BCUT2D eigenvalue weighted by Gasteiger charge is 2.22. The van der Waals surface area contributed by atoms with Gasteiger partial charge in [0, 0.05) is 31.8 Å². The molecule has 0 aromatic carbocycles. The number of carbonyl (C=O) groups is 1. The summed E-state index contributed by atoms with van der Waals surface area (Å²) in [5.41, 5.74) is 1.01. The second-order valence-electron chi connectivity index (χ2n) is 4.61. The van der Waals surface area contributed by atoms with Crippen molar-refractivity contribution in [1.82, 2.24) is 9.80 Å². The minimum atomic E-state index is 0.279. The largest absolute Gasteiger partial charge is 0.339 e. The van der Waals surface area contributed by atoms with Crippen molar-refractivity contribution < 1.29 is 4.79 Å². The van der Waals surface area contributed by atoms with Gasteiger partial charge in [-0.25, -0.2) is 0 Å². The van der Waals surface area contributed by atoms with Gasteiger partial charge >= 0.3 is 0 Å². The van der Waals surface area contributed by atoms with E-state index in [1.54, 1.807) is 0 Å². The maximum Gasteiger partial charge on any atom is 0.250 e. The molecule has 1 saturated heterocycles. The molecular weight excluding hydrogens is 188 g/mol. The molecule has 0 aromatic heterocycles. The van der Waals surface area contributed by atoms with E-state index in [0.717, 1.165) is 38.2 Å². The summed E-state index contributed by atoms with van der Waals surface area (Å²) < 4.78 is 0. The van der Waals surface area contributed by atoms with Crippen LogP contribution in [0.2, 0.25) is 0 Å². The molecular formula is C12H20N2O. The summed E-state index contributed by atoms with van der Waals surface area (Å²) in [5, 5.41) is 0. The van der Waals surface area contributed by atoms with Crippen LogP contribution in [0.15, 0.2) is 11.6 Å². The second kappa shape index (κ2) is 4.79. The molecule has 0 aromatic rings. The molecule has 2 heterocycles. The molecule has 15 heavy (non-hydrogen) atoms. The topological polar surface area (TPSA) is 23.6 Å². The number of hydrogen-bond acceptors (Lipinski definition) is 2. The predicted molar refractivity (Wildman–Crippen MR) is 60.6 cm³/mol. The van der Waals surface area contributed by atoms with Gasteiger partial charge in [-0.15, -0.1) is 0 Å². The fourth-order valence-corrected chi connectivity index (χ4v) is 2.35. The van der Waals surface area contributed by atoms with Crippen LogP contribution in [-0.4, -0.2) is 48.9 Å². The second-order valence-corrected chi connectivity index (χ2v) is 4.61. The van der Waals surface area contributed by atoms with Crippen LogP contribution in [0.1, 0.15) is 25.7 Å². The Kier molecular flexibility index (Phi) is 3.41. The highest BCUT2D eigenvalue weighted by molar-refractivity contribution is 5.94. The Labute approximate surface area is 91.7 Å². The van der Waals surface area contributed by atoms with Crippen LogP contribution in [0, 0.1) is 0 Å². The number of likely N-dealkylation sites (N-methyl/N-ethyl adjacent to an activating group) is 1. The zero-order valence-corrected chi connectivity index (χ0v) is 9.54. The summed E-state index contributed by atoms with van der Waals surface area (Å²) in [5.74, 6) is 0.279. The van der Waals surface area contributed by atoms with Crippen molar-refractivity contribution in [1.29, 1.82) is 0 Å². The first-order valence-corrected chi connectivity index (χ1v) is 5.94. The minimum absolute atomic E-state index is 0.279. The van der Waals surface area contributed by atoms with Crippen molar-refractivity contribution in [2.45, 2.75) is 25.7 Å². The van der Waals surface area contributed by atoms with Gasteiger partial charge in [0.25, 0.3) is 5.91 Å². The number of carbonyl (C=O) groups excluding carboxylic acids is 1. The molecule has 0 atom stereocenters. The van der Waals surface area contributed by atoms with Gasteiger partial charge in [-0.05, 0) is 32.7 Å². The molecule has 1 amide bonds. The zero-order chi connectivity index (χ0) is 10.7. The van der Waals surface area contributed by atoms with E-state index in [0.29, 0.717) is 0 Å². The van der Waals surface area contributed by atoms with Gasteiger partial charge in [-0.1, -0.05) is 6.08 Å². The van der Waals surface area contributed by atoms with Gasteiger partial charge in [0.05, 0.1) is 0 Å². The third-order valence-electron chi connectivity index (χ3n) is 3.26. The first kappa shape index (κ1) is 10.7. The van der Waals surface area contributed by atoms with Crippen LogP contribution in [-0.2, 0) is 4.79 Å². The normalized spacial score (nSPS) is 23.8. The molecule has 2 rings (SSSR count). The number of nitrogens with zero attached hydrogens (tertiary/aromatic N) is 2. The van der Waals surface area contributed by atoms with E-state index in [1.165, 1.54) is 19.3 Å². The molecule has 0 aliphatic carbocycles. The van der Waals surface area contributed by atoms with E-state index >= 15 is 0 Å². The van der Waals surface area contributed by atoms with Gasteiger partial charge in [-0.2, -0.15) is 0 Å². The monoisotopic (exact) mass is 208 g/mol. The van der Waals surface area contributed by atoms with E-state index in [1.807, 2.05) is 4.90 Å². The molecule has 3 nitrogen and oxygen atoms in total. The molecule has 0 unspecified atom stereocenters. The molecule has 3 heteroatoms. The predicted octanol–water partition coefficient (Wildman–Crippen LogP) is 1.26. The van der Waals surface area contributed by atoms with E-state index in [-0.39, 0.29) is 5.91 Å². The smallest absolute Gasteiger partial charge is 0.250 e. The van der Waals surface area contributed by atoms with Gasteiger partial charge in [-0.3, -0.25) is 4.79 Å². The maximum atomic E-state index is 12.1. The van der Waals surface area contributed by atoms with E-state index in [2.05, 4.69) is 18.0 Å². The molecule has 0 bridgehead atoms. The molecule has 0 saturated carbocycles. The average molecular weight is 208 g/mol. The van der Waals surface area contributed by atoms with Crippen molar-refractivity contribution in [3.8, 4) is 0 Å². The highest BCUT2D eigenvalue weighted by atomic mass is 16.2. The van der Waals surface area contributed by atoms with Gasteiger partial charge < -0.3 is 9.80 Å². The highest BCUT2D eigenvalue weighted by Crippen LogP contribution is 2.15. The van der Waals surface area contributed by atoms with Crippen molar-refractivity contribution in [2.24, 2.45) is 0 Å². The van der Waals surface area contributed by atoms with Crippen molar-refractivity contribution in [3.05, 3.63) is 11.6 Å². The van der Waals surface area contributed by atoms with Gasteiger partial charge in [0.2, 0.25) is 0 Å². The standard InChI is InChI=1S/C12H20N2O/c1-13-7-5-6-11(10-13)12(15)14-8-3-2-4-9-14/h6H,2-5,7-10H2,1H3. The van der Waals surface area contributed by atoms with E-state index in [9.17, 15) is 4.79 Å². The molecule has 0 N–H and O–H groups in total. The molecule has 0 spiro atoms. The van der Waals surface area contributed by atoms with Gasteiger partial charge in [0.15, 0.2) is 0 Å². The molecule has 1 fully saturated rings. The molecule has 0 radical (unpaired) electrons. The Morgan fingerprint density at radius 2 is 1.93 bits per heavy atom. The molecule has 2 aliphatic heterocycles. The summed E-state index contributed by atoms with van der Waals surface area (Å²) in [4.78, 5) is 16.4. The average Bonchev–Trinajstić information content (AvgIpc) is 2.29. The Balaban J connectivity index is 1.97. The quantitative estimate of drug-likeness (QED) is 0.647. The minimum Gasteiger partial charge on any atom is -0.339 e. The first-order chi connectivity index (χ1) is 7.27. The van der Waals surface area contributed by atoms with Crippen LogP contribution >= 0.6 is 0 Å². The Morgan fingerprint density at radius 1 is 1.20 bits per heavy atom. The summed E-state index contributed by atoms with van der Waals surface area (Å²) in [7, 11) is 2.08. The molecule has 2 aliphatic rings. The molecule has 84 valence electrons. The third-order valence-corrected chi connectivity index (χ3v) is 3.26. The van der Waals surface area contributed by atoms with Crippen LogP contribution in [0.5, 0.6) is 0 Å². The van der Waals surface area contributed by atoms with Crippen molar-refractivity contribution in [3.63, 3.8) is 0 Å². The third kappa shape index (κ3) is 2.59. The van der Waals surface area contributed by atoms with Crippen LogP contribution < -0.4 is 0 Å². The Morgan fingerprint density at radius 3 is 2.60 bits per heavy atom. The number of likely N-dealkylation sites (tertiary alicyclic amines) is 1. The van der Waals surface area contributed by atoms with Crippen molar-refractivity contribution >= 4 is 5.91 Å². The lowest BCUT2D eigenvalue weighted by Crippen LogP contribution is -2.40. The van der Waals surface area contributed by atoms with Crippen molar-refractivity contribution in [2.75, 3.05) is 33.2 Å². The summed E-state index contributed by atoms with van der Waals surface area (Å²) in [6, 6.07) is 0. The van der Waals surface area contributed by atoms with Crippen LogP contribution in [0.25, 0.3) is 0 Å². The summed E-state index contributed by atoms with van der Waals surface area (Å²) >= 11 is 0. The fourth-order valence-electron chi connectivity index (χ4n) is 2.35. The number of rotatable bonds is 1. The van der Waals surface area contributed by atoms with Crippen LogP contribution in [0.3, 0.4) is 0 Å². The number of hydrogen-bond donors (Lipinski definition) is 0. The first-order valence-electron chi connectivity index (χ1n) is 5.94. The number of amides is 1. The van der Waals surface area contributed by atoms with E-state index < -0.39 is 0 Å². The SMILES string of the molecule is CN1CCC=C(C(=O)N2CCCCC2)C1. The maximum absolute atomic E-state index is 12.1. The fraction of sp³-hybridized carbons (Fsp3) is 0.750. The lowest BCUT2D eigenvalue weighted by Gasteiger charge is -2.30. The lowest BCUT2D eigenvalue weighted by molar-refractivity contribution is -0.128.